The molecule has 1 aliphatic heterocycles. The van der Waals surface area contributed by atoms with E-state index in [4.69, 9.17) is 0 Å². The van der Waals surface area contributed by atoms with Gasteiger partial charge in [0.2, 0.25) is 5.82 Å². The molecule has 7 nitrogen and oxygen atoms in total. The van der Waals surface area contributed by atoms with Crippen LogP contribution in [0, 0.1) is 0 Å². The summed E-state index contributed by atoms with van der Waals surface area (Å²) in [5.74, 6) is 0.671. The lowest BCUT2D eigenvalue weighted by Crippen LogP contribution is -2.40. The van der Waals surface area contributed by atoms with Crippen LogP contribution in [-0.4, -0.2) is 44.1 Å². The molecule has 0 saturated heterocycles. The Kier molecular flexibility index (Phi) is 4.10. The molecule has 1 aromatic heterocycles. The molecule has 1 aromatic carbocycles. The first-order valence-electron chi connectivity index (χ1n) is 7.63. The van der Waals surface area contributed by atoms with Crippen molar-refractivity contribution >= 4 is 11.8 Å². The molecule has 23 heavy (non-hydrogen) atoms. The number of nitrogens with one attached hydrogen (secondary N) is 1. The van der Waals surface area contributed by atoms with Crippen LogP contribution >= 0.6 is 0 Å². The smallest absolute Gasteiger partial charge is 0.289 e. The lowest BCUT2D eigenvalue weighted by molar-refractivity contribution is 0.0706. The lowest BCUT2D eigenvalue weighted by atomic mass is 10.2. The second-order valence-corrected chi connectivity index (χ2v) is 5.81. The average molecular weight is 313 g/mol. The largest absolute Gasteiger partial charge is 0.347 e. The highest BCUT2D eigenvalue weighted by atomic mass is 16.2. The minimum Gasteiger partial charge on any atom is -0.347 e. The molecule has 0 unspecified atom stereocenters. The van der Waals surface area contributed by atoms with E-state index in [-0.39, 0.29) is 17.9 Å². The van der Waals surface area contributed by atoms with Crippen LogP contribution in [-0.2, 0) is 13.1 Å². The van der Waals surface area contributed by atoms with Gasteiger partial charge in [0.15, 0.2) is 5.82 Å². The molecule has 7 heteroatoms. The van der Waals surface area contributed by atoms with Crippen LogP contribution in [0.15, 0.2) is 30.3 Å². The topological polar surface area (TPSA) is 80.1 Å². The Morgan fingerprint density at radius 3 is 2.57 bits per heavy atom. The van der Waals surface area contributed by atoms with E-state index in [0.29, 0.717) is 36.8 Å². The van der Waals surface area contributed by atoms with Crippen molar-refractivity contribution in [1.82, 2.24) is 25.0 Å². The summed E-state index contributed by atoms with van der Waals surface area (Å²) in [6.07, 6.45) is 0. The number of amides is 2. The first-order valence-corrected chi connectivity index (χ1v) is 7.63. The summed E-state index contributed by atoms with van der Waals surface area (Å²) in [6.45, 7) is 5.19. The Hall–Kier alpha value is -2.70. The third-order valence-corrected chi connectivity index (χ3v) is 3.68. The van der Waals surface area contributed by atoms with Gasteiger partial charge in [-0.15, -0.1) is 10.2 Å². The lowest BCUT2D eigenvalue weighted by Gasteiger charge is -2.27. The first kappa shape index (κ1) is 15.2. The molecule has 1 N–H and O–H groups in total. The van der Waals surface area contributed by atoms with Gasteiger partial charge in [-0.1, -0.05) is 18.2 Å². The van der Waals surface area contributed by atoms with E-state index in [9.17, 15) is 9.59 Å². The molecule has 0 aliphatic carbocycles. The number of aromatic nitrogens is 3. The molecular weight excluding hydrogens is 294 g/mol. The molecule has 0 bridgehead atoms. The van der Waals surface area contributed by atoms with Gasteiger partial charge in [-0.3, -0.25) is 9.59 Å². The number of carbonyl (C=O) groups is 2. The van der Waals surface area contributed by atoms with Crippen LogP contribution in [0.1, 0.15) is 40.6 Å². The second kappa shape index (κ2) is 6.20. The summed E-state index contributed by atoms with van der Waals surface area (Å²) >= 11 is 0. The van der Waals surface area contributed by atoms with Crippen LogP contribution in [0.3, 0.4) is 0 Å². The molecule has 0 spiro atoms. The fraction of sp³-hybridized carbons (Fsp3) is 0.375. The molecule has 3 rings (SSSR count). The van der Waals surface area contributed by atoms with E-state index in [2.05, 4.69) is 15.5 Å². The summed E-state index contributed by atoms with van der Waals surface area (Å²) in [6, 6.07) is 9.19. The number of benzene rings is 1. The SMILES string of the molecule is CC(C)NC(=O)c1nnc2n1CCN(C(=O)c1ccccc1)C2. The van der Waals surface area contributed by atoms with Gasteiger partial charge in [0.1, 0.15) is 0 Å². The number of hydrogen-bond donors (Lipinski definition) is 1. The van der Waals surface area contributed by atoms with E-state index < -0.39 is 0 Å². The standard InChI is InChI=1S/C16H19N5O2/c1-11(2)17-15(22)14-19-18-13-10-20(8-9-21(13)14)16(23)12-6-4-3-5-7-12/h3-7,11H,8-10H2,1-2H3,(H,17,22). The average Bonchev–Trinajstić information content (AvgIpc) is 2.97. The highest BCUT2D eigenvalue weighted by Crippen LogP contribution is 2.15. The van der Waals surface area contributed by atoms with Crippen molar-refractivity contribution in [3.63, 3.8) is 0 Å². The van der Waals surface area contributed by atoms with Gasteiger partial charge >= 0.3 is 0 Å². The quantitative estimate of drug-likeness (QED) is 0.919. The van der Waals surface area contributed by atoms with E-state index >= 15 is 0 Å². The second-order valence-electron chi connectivity index (χ2n) is 5.81. The van der Waals surface area contributed by atoms with Gasteiger partial charge < -0.3 is 14.8 Å². The van der Waals surface area contributed by atoms with Gasteiger partial charge in [0.05, 0.1) is 6.54 Å². The van der Waals surface area contributed by atoms with Crippen LogP contribution in [0.25, 0.3) is 0 Å². The van der Waals surface area contributed by atoms with Crippen molar-refractivity contribution in [3.8, 4) is 0 Å². The third-order valence-electron chi connectivity index (χ3n) is 3.68. The van der Waals surface area contributed by atoms with Gasteiger partial charge in [-0.2, -0.15) is 0 Å². The van der Waals surface area contributed by atoms with Crippen molar-refractivity contribution in [2.24, 2.45) is 0 Å². The fourth-order valence-corrected chi connectivity index (χ4v) is 2.59. The summed E-state index contributed by atoms with van der Waals surface area (Å²) < 4.78 is 1.78. The van der Waals surface area contributed by atoms with Crippen molar-refractivity contribution < 1.29 is 9.59 Å². The number of rotatable bonds is 3. The monoisotopic (exact) mass is 313 g/mol. The van der Waals surface area contributed by atoms with Gasteiger partial charge in [-0.25, -0.2) is 0 Å². The summed E-state index contributed by atoms with van der Waals surface area (Å²) in [5.41, 5.74) is 0.651. The molecule has 1 aliphatic rings. The summed E-state index contributed by atoms with van der Waals surface area (Å²) in [4.78, 5) is 26.3. The molecule has 120 valence electrons. The van der Waals surface area contributed by atoms with Gasteiger partial charge in [0, 0.05) is 24.7 Å². The summed E-state index contributed by atoms with van der Waals surface area (Å²) in [5, 5.41) is 10.9. The van der Waals surface area contributed by atoms with E-state index in [1.807, 2.05) is 32.0 Å². The van der Waals surface area contributed by atoms with E-state index in [0.717, 1.165) is 0 Å². The van der Waals surface area contributed by atoms with Gasteiger partial charge in [0.25, 0.3) is 11.8 Å². The maximum Gasteiger partial charge on any atom is 0.289 e. The third kappa shape index (κ3) is 3.08. The number of hydrogen-bond acceptors (Lipinski definition) is 4. The molecular formula is C16H19N5O2. The van der Waals surface area contributed by atoms with Crippen LogP contribution in [0.4, 0.5) is 0 Å². The molecule has 0 atom stereocenters. The molecule has 0 saturated carbocycles. The number of carbonyl (C=O) groups excluding carboxylic acids is 2. The zero-order valence-corrected chi connectivity index (χ0v) is 13.2. The Labute approximate surface area is 134 Å². The zero-order valence-electron chi connectivity index (χ0n) is 13.2. The maximum absolute atomic E-state index is 12.5. The highest BCUT2D eigenvalue weighted by Gasteiger charge is 2.27. The fourth-order valence-electron chi connectivity index (χ4n) is 2.59. The highest BCUT2D eigenvalue weighted by molar-refractivity contribution is 5.94. The Morgan fingerprint density at radius 1 is 1.13 bits per heavy atom. The van der Waals surface area contributed by atoms with E-state index in [1.165, 1.54) is 0 Å². The minimum absolute atomic E-state index is 0.0342. The van der Waals surface area contributed by atoms with Crippen molar-refractivity contribution in [2.45, 2.75) is 33.0 Å². The molecule has 0 fully saturated rings. The zero-order chi connectivity index (χ0) is 16.4. The van der Waals surface area contributed by atoms with Crippen molar-refractivity contribution in [1.29, 1.82) is 0 Å². The Morgan fingerprint density at radius 2 is 1.87 bits per heavy atom. The number of nitrogens with zero attached hydrogens (tertiary/aromatic N) is 4. The molecule has 2 heterocycles. The maximum atomic E-state index is 12.5. The molecule has 2 aromatic rings. The Bertz CT molecular complexity index is 723. The predicted molar refractivity (Wildman–Crippen MR) is 83.8 cm³/mol. The van der Waals surface area contributed by atoms with Crippen molar-refractivity contribution in [3.05, 3.63) is 47.5 Å². The van der Waals surface area contributed by atoms with Crippen LogP contribution in [0.2, 0.25) is 0 Å². The molecule has 0 radical (unpaired) electrons. The van der Waals surface area contributed by atoms with E-state index in [1.54, 1.807) is 21.6 Å². The summed E-state index contributed by atoms with van der Waals surface area (Å²) in [7, 11) is 0. The minimum atomic E-state index is -0.235. The van der Waals surface area contributed by atoms with Crippen molar-refractivity contribution in [2.75, 3.05) is 6.54 Å². The molecule has 2 amide bonds. The van der Waals surface area contributed by atoms with Crippen LogP contribution < -0.4 is 5.32 Å². The first-order chi connectivity index (χ1) is 11.1. The Balaban J connectivity index is 1.76. The van der Waals surface area contributed by atoms with Gasteiger partial charge in [-0.05, 0) is 26.0 Å². The normalized spacial score (nSPS) is 13.8. The number of fused-ring (bicyclic) bond motifs is 1. The predicted octanol–water partition coefficient (Wildman–Crippen LogP) is 1.07. The van der Waals surface area contributed by atoms with Crippen LogP contribution in [0.5, 0.6) is 0 Å².